The minimum Gasteiger partial charge on any atom is -0.345 e. The van der Waals surface area contributed by atoms with E-state index in [2.05, 4.69) is 10.6 Å². The van der Waals surface area contributed by atoms with Crippen LogP contribution in [0.15, 0.2) is 47.4 Å². The molecule has 1 atom stereocenters. The first-order chi connectivity index (χ1) is 11.9. The van der Waals surface area contributed by atoms with E-state index in [1.165, 1.54) is 35.0 Å². The topological polar surface area (TPSA) is 80.2 Å². The van der Waals surface area contributed by atoms with Crippen molar-refractivity contribution in [3.05, 3.63) is 64.3 Å². The van der Waals surface area contributed by atoms with Gasteiger partial charge in [0.15, 0.2) is 0 Å². The van der Waals surface area contributed by atoms with Crippen molar-refractivity contribution in [3.63, 3.8) is 0 Å². The van der Waals surface area contributed by atoms with Crippen molar-refractivity contribution in [2.75, 3.05) is 5.32 Å². The summed E-state index contributed by atoms with van der Waals surface area (Å²) in [4.78, 5) is 35.4. The van der Waals surface area contributed by atoms with Crippen molar-refractivity contribution in [3.8, 4) is 0 Å². The Labute approximate surface area is 144 Å². The van der Waals surface area contributed by atoms with Gasteiger partial charge in [-0.2, -0.15) is 0 Å². The lowest BCUT2D eigenvalue weighted by Gasteiger charge is -2.14. The summed E-state index contributed by atoms with van der Waals surface area (Å²) < 4.78 is 14.6. The summed E-state index contributed by atoms with van der Waals surface area (Å²) in [7, 11) is 0. The largest absolute Gasteiger partial charge is 0.345 e. The number of pyridine rings is 1. The average molecular weight is 345 g/mol. The van der Waals surface area contributed by atoms with Gasteiger partial charge in [-0.1, -0.05) is 12.1 Å². The van der Waals surface area contributed by atoms with Gasteiger partial charge in [0.1, 0.15) is 5.82 Å². The second-order valence-corrected chi connectivity index (χ2v) is 5.70. The molecule has 25 heavy (non-hydrogen) atoms. The average Bonchev–Trinajstić information content (AvgIpc) is 2.56. The lowest BCUT2D eigenvalue weighted by molar-refractivity contribution is -0.136. The van der Waals surface area contributed by atoms with E-state index < -0.39 is 11.8 Å². The quantitative estimate of drug-likeness (QED) is 0.810. The Balaban J connectivity index is 1.93. The van der Waals surface area contributed by atoms with Crippen LogP contribution in [0.2, 0.25) is 0 Å². The minimum absolute atomic E-state index is 0.186. The smallest absolute Gasteiger partial charge is 0.313 e. The Morgan fingerprint density at radius 3 is 2.64 bits per heavy atom. The molecular weight excluding hydrogens is 325 g/mol. The van der Waals surface area contributed by atoms with E-state index >= 15 is 0 Å². The fourth-order valence-electron chi connectivity index (χ4n) is 2.40. The molecule has 2 amide bonds. The third-order valence-electron chi connectivity index (χ3n) is 3.60. The van der Waals surface area contributed by atoms with Crippen molar-refractivity contribution in [2.24, 2.45) is 0 Å². The number of benzene rings is 1. The second-order valence-electron chi connectivity index (χ2n) is 5.70. The van der Waals surface area contributed by atoms with Gasteiger partial charge in [0.05, 0.1) is 5.69 Å². The van der Waals surface area contributed by atoms with Crippen molar-refractivity contribution >= 4 is 17.5 Å². The van der Waals surface area contributed by atoms with Gasteiger partial charge in [-0.15, -0.1) is 0 Å². The van der Waals surface area contributed by atoms with Crippen LogP contribution >= 0.6 is 0 Å². The number of amides is 2. The van der Waals surface area contributed by atoms with Crippen LogP contribution in [0.5, 0.6) is 0 Å². The Morgan fingerprint density at radius 2 is 1.96 bits per heavy atom. The number of aryl methyl sites for hydroxylation is 1. The van der Waals surface area contributed by atoms with Gasteiger partial charge in [0.25, 0.3) is 5.56 Å². The van der Waals surface area contributed by atoms with Crippen LogP contribution in [0.25, 0.3) is 0 Å². The maximum Gasteiger partial charge on any atom is 0.313 e. The molecule has 132 valence electrons. The van der Waals surface area contributed by atoms with Crippen LogP contribution in [-0.2, 0) is 22.6 Å². The molecule has 1 heterocycles. The summed E-state index contributed by atoms with van der Waals surface area (Å²) in [5, 5.41) is 5.02. The molecule has 0 aliphatic heterocycles. The maximum atomic E-state index is 13.2. The highest BCUT2D eigenvalue weighted by atomic mass is 19.1. The molecule has 0 bridgehead atoms. The highest BCUT2D eigenvalue weighted by Gasteiger charge is 2.17. The second kappa shape index (κ2) is 8.23. The molecule has 0 saturated carbocycles. The summed E-state index contributed by atoms with van der Waals surface area (Å²) in [6, 6.07) is 8.49. The van der Waals surface area contributed by atoms with Gasteiger partial charge in [0.2, 0.25) is 0 Å². The van der Waals surface area contributed by atoms with Crippen LogP contribution in [0.4, 0.5) is 10.1 Å². The van der Waals surface area contributed by atoms with E-state index in [9.17, 15) is 18.8 Å². The summed E-state index contributed by atoms with van der Waals surface area (Å²) in [6.45, 7) is 3.99. The zero-order valence-electron chi connectivity index (χ0n) is 14.1. The molecule has 0 unspecified atom stereocenters. The SMILES string of the molecule is CCn1cc(NC(=O)C(=O)N[C@H](C)Cc2cccc(F)c2)ccc1=O. The Hall–Kier alpha value is -2.96. The van der Waals surface area contributed by atoms with Gasteiger partial charge in [-0.05, 0) is 44.0 Å². The van der Waals surface area contributed by atoms with Crippen LogP contribution in [0.3, 0.4) is 0 Å². The van der Waals surface area contributed by atoms with Crippen molar-refractivity contribution in [2.45, 2.75) is 32.9 Å². The normalized spacial score (nSPS) is 11.6. The predicted octanol–water partition coefficient (Wildman–Crippen LogP) is 1.69. The van der Waals surface area contributed by atoms with Crippen LogP contribution in [0, 0.1) is 5.82 Å². The van der Waals surface area contributed by atoms with E-state index in [1.54, 1.807) is 26.0 Å². The summed E-state index contributed by atoms with van der Waals surface area (Å²) in [5.41, 5.74) is 0.899. The number of carbonyl (C=O) groups excluding carboxylic acids is 2. The number of carbonyl (C=O) groups is 2. The number of anilines is 1. The number of aromatic nitrogens is 1. The molecular formula is C18H20FN3O3. The molecule has 1 aromatic carbocycles. The first-order valence-corrected chi connectivity index (χ1v) is 7.96. The van der Waals surface area contributed by atoms with E-state index in [0.717, 1.165) is 5.56 Å². The standard InChI is InChI=1S/C18H20FN3O3/c1-3-22-11-15(7-8-16(22)23)21-18(25)17(24)20-12(2)9-13-5-4-6-14(19)10-13/h4-8,10-12H,3,9H2,1-2H3,(H,20,24)(H,21,25)/t12-/m1/s1. The third kappa shape index (κ3) is 5.27. The van der Waals surface area contributed by atoms with E-state index in [0.29, 0.717) is 18.7 Å². The highest BCUT2D eigenvalue weighted by Crippen LogP contribution is 2.07. The van der Waals surface area contributed by atoms with Gasteiger partial charge < -0.3 is 15.2 Å². The lowest BCUT2D eigenvalue weighted by Crippen LogP contribution is -2.41. The molecule has 0 aliphatic rings. The molecule has 2 aromatic rings. The Kier molecular flexibility index (Phi) is 6.05. The number of hydrogen-bond acceptors (Lipinski definition) is 3. The molecule has 7 heteroatoms. The Morgan fingerprint density at radius 1 is 1.20 bits per heavy atom. The minimum atomic E-state index is -0.826. The van der Waals surface area contributed by atoms with Crippen LogP contribution in [0.1, 0.15) is 19.4 Å². The number of nitrogens with zero attached hydrogens (tertiary/aromatic N) is 1. The Bertz CT molecular complexity index is 832. The summed E-state index contributed by atoms with van der Waals surface area (Å²) >= 11 is 0. The first kappa shape index (κ1) is 18.4. The fraction of sp³-hybridized carbons (Fsp3) is 0.278. The van der Waals surface area contributed by atoms with Crippen molar-refractivity contribution in [1.82, 2.24) is 9.88 Å². The molecule has 0 aliphatic carbocycles. The van der Waals surface area contributed by atoms with Gasteiger partial charge in [-0.25, -0.2) is 4.39 Å². The third-order valence-corrected chi connectivity index (χ3v) is 3.60. The van der Waals surface area contributed by atoms with Crippen LogP contribution < -0.4 is 16.2 Å². The van der Waals surface area contributed by atoms with E-state index in [4.69, 9.17) is 0 Å². The number of rotatable bonds is 5. The number of halogens is 1. The maximum absolute atomic E-state index is 13.2. The van der Waals surface area contributed by atoms with Gasteiger partial charge in [-0.3, -0.25) is 14.4 Å². The van der Waals surface area contributed by atoms with Crippen LogP contribution in [-0.4, -0.2) is 22.4 Å². The van der Waals surface area contributed by atoms with Gasteiger partial charge in [0, 0.05) is 24.8 Å². The molecule has 0 radical (unpaired) electrons. The molecule has 0 fully saturated rings. The molecule has 2 N–H and O–H groups in total. The van der Waals surface area contributed by atoms with Crippen molar-refractivity contribution in [1.29, 1.82) is 0 Å². The molecule has 6 nitrogen and oxygen atoms in total. The zero-order chi connectivity index (χ0) is 18.4. The van der Waals surface area contributed by atoms with E-state index in [1.807, 2.05) is 0 Å². The molecule has 0 spiro atoms. The summed E-state index contributed by atoms with van der Waals surface area (Å²) in [5.74, 6) is -1.97. The zero-order valence-corrected chi connectivity index (χ0v) is 14.1. The monoisotopic (exact) mass is 345 g/mol. The number of hydrogen-bond donors (Lipinski definition) is 2. The molecule has 1 aromatic heterocycles. The first-order valence-electron chi connectivity index (χ1n) is 7.96. The van der Waals surface area contributed by atoms with Gasteiger partial charge >= 0.3 is 11.8 Å². The highest BCUT2D eigenvalue weighted by molar-refractivity contribution is 6.39. The predicted molar refractivity (Wildman–Crippen MR) is 92.7 cm³/mol. The van der Waals surface area contributed by atoms with Crippen molar-refractivity contribution < 1.29 is 14.0 Å². The fourth-order valence-corrected chi connectivity index (χ4v) is 2.40. The molecule has 0 saturated heterocycles. The number of nitrogens with one attached hydrogen (secondary N) is 2. The lowest BCUT2D eigenvalue weighted by atomic mass is 10.1. The molecule has 2 rings (SSSR count). The summed E-state index contributed by atoms with van der Waals surface area (Å²) in [6.07, 6.45) is 1.88. The van der Waals surface area contributed by atoms with E-state index in [-0.39, 0.29) is 17.4 Å².